The molecule has 0 aromatic heterocycles. The van der Waals surface area contributed by atoms with E-state index in [1.165, 1.54) is 77.0 Å². The van der Waals surface area contributed by atoms with Crippen LogP contribution < -0.4 is 0 Å². The Morgan fingerprint density at radius 3 is 0.914 bits per heavy atom. The van der Waals surface area contributed by atoms with Gasteiger partial charge in [-0.1, -0.05) is 129 Å². The molecule has 0 rings (SSSR count). The Hall–Kier alpha value is -0.260. The van der Waals surface area contributed by atoms with Crippen molar-refractivity contribution in [1.29, 1.82) is 0 Å². The number of hydrogen-bond donors (Lipinski definition) is 0. The molecule has 0 fully saturated rings. The van der Waals surface area contributed by atoms with Crippen molar-refractivity contribution in [3.8, 4) is 0 Å². The smallest absolute Gasteiger partial charge is 0.248 e. The zero-order valence-electron chi connectivity index (χ0n) is 22.3. The van der Waals surface area contributed by atoms with Crippen molar-refractivity contribution < 1.29 is 33.6 Å². The van der Waals surface area contributed by atoms with Gasteiger partial charge in [-0.3, -0.25) is 0 Å². The lowest BCUT2D eigenvalue weighted by atomic mass is 10.1. The van der Waals surface area contributed by atoms with Gasteiger partial charge in [0.15, 0.2) is 6.79 Å². The summed E-state index contributed by atoms with van der Waals surface area (Å²) in [5, 5.41) is 0. The summed E-state index contributed by atoms with van der Waals surface area (Å²) < 4.78 is 65.0. The second-order valence-electron chi connectivity index (χ2n) is 9.18. The molecule has 0 bridgehead atoms. The molecule has 0 amide bonds. The summed E-state index contributed by atoms with van der Waals surface area (Å²) in [6.07, 6.45) is 22.5. The lowest BCUT2D eigenvalue weighted by molar-refractivity contribution is 0.0859. The van der Waals surface area contributed by atoms with E-state index in [-0.39, 0.29) is 13.2 Å². The molecule has 35 heavy (non-hydrogen) atoms. The molecule has 0 aliphatic rings. The quantitative estimate of drug-likeness (QED) is 0.0744. The molecule has 0 N–H and O–H groups in total. The Labute approximate surface area is 216 Å². The van der Waals surface area contributed by atoms with Crippen LogP contribution in [0.5, 0.6) is 0 Å². The second kappa shape index (κ2) is 24.1. The predicted molar refractivity (Wildman–Crippen MR) is 140 cm³/mol. The predicted octanol–water partition coefficient (Wildman–Crippen LogP) is 7.34. The van der Waals surface area contributed by atoms with Gasteiger partial charge in [0, 0.05) is 0 Å². The van der Waals surface area contributed by atoms with E-state index in [1.54, 1.807) is 0 Å². The minimum absolute atomic E-state index is 0.000817. The lowest BCUT2D eigenvalue weighted by Crippen LogP contribution is -2.17. The molecule has 0 aliphatic heterocycles. The van der Waals surface area contributed by atoms with Crippen molar-refractivity contribution in [3.63, 3.8) is 0 Å². The maximum Gasteiger partial charge on any atom is 0.402 e. The number of rotatable bonds is 28. The Balaban J connectivity index is 3.62. The van der Waals surface area contributed by atoms with Gasteiger partial charge < -0.3 is 0 Å². The van der Waals surface area contributed by atoms with E-state index in [0.717, 1.165) is 38.5 Å². The summed E-state index contributed by atoms with van der Waals surface area (Å²) in [7, 11) is -8.61. The first-order valence-corrected chi connectivity index (χ1v) is 16.6. The first-order chi connectivity index (χ1) is 16.8. The van der Waals surface area contributed by atoms with E-state index in [0.29, 0.717) is 12.8 Å². The molecular formula is C25H52O8S2. The van der Waals surface area contributed by atoms with E-state index in [4.69, 9.17) is 8.37 Å². The van der Waals surface area contributed by atoms with Crippen LogP contribution >= 0.6 is 0 Å². The first-order valence-electron chi connectivity index (χ1n) is 13.9. The van der Waals surface area contributed by atoms with E-state index < -0.39 is 27.6 Å². The molecule has 212 valence electrons. The van der Waals surface area contributed by atoms with Crippen molar-refractivity contribution in [3.05, 3.63) is 0 Å². The Kier molecular flexibility index (Phi) is 23.9. The highest BCUT2D eigenvalue weighted by Crippen LogP contribution is 2.12. The Morgan fingerprint density at radius 1 is 0.371 bits per heavy atom. The van der Waals surface area contributed by atoms with E-state index >= 15 is 0 Å². The largest absolute Gasteiger partial charge is 0.402 e. The Bertz CT molecular complexity index is 594. The van der Waals surface area contributed by atoms with E-state index in [9.17, 15) is 16.8 Å². The summed E-state index contributed by atoms with van der Waals surface area (Å²) in [6, 6.07) is 0. The highest BCUT2D eigenvalue weighted by molar-refractivity contribution is 7.82. The molecule has 0 atom stereocenters. The maximum atomic E-state index is 11.7. The summed E-state index contributed by atoms with van der Waals surface area (Å²) >= 11 is 0. The van der Waals surface area contributed by atoms with Crippen LogP contribution in [0.1, 0.15) is 142 Å². The average molecular weight is 545 g/mol. The third kappa shape index (κ3) is 26.6. The van der Waals surface area contributed by atoms with Crippen LogP contribution in [0.15, 0.2) is 0 Å². The molecule has 0 radical (unpaired) electrons. The van der Waals surface area contributed by atoms with Crippen LogP contribution in [0.2, 0.25) is 0 Å². The van der Waals surface area contributed by atoms with Crippen LogP contribution in [0, 0.1) is 0 Å². The van der Waals surface area contributed by atoms with Crippen molar-refractivity contribution in [2.24, 2.45) is 0 Å². The van der Waals surface area contributed by atoms with Crippen LogP contribution in [-0.2, 0) is 37.5 Å². The number of hydrogen-bond acceptors (Lipinski definition) is 8. The minimum Gasteiger partial charge on any atom is -0.248 e. The van der Waals surface area contributed by atoms with E-state index in [2.05, 4.69) is 22.2 Å². The van der Waals surface area contributed by atoms with Gasteiger partial charge in [0.25, 0.3) is 0 Å². The van der Waals surface area contributed by atoms with Gasteiger partial charge in [-0.05, 0) is 12.8 Å². The average Bonchev–Trinajstić information content (AvgIpc) is 2.80. The monoisotopic (exact) mass is 544 g/mol. The molecule has 0 aromatic carbocycles. The highest BCUT2D eigenvalue weighted by atomic mass is 32.3. The number of unbranched alkanes of at least 4 members (excludes halogenated alkanes) is 18. The van der Waals surface area contributed by atoms with Gasteiger partial charge in [-0.2, -0.15) is 16.8 Å². The fourth-order valence-electron chi connectivity index (χ4n) is 3.71. The summed E-state index contributed by atoms with van der Waals surface area (Å²) in [6.45, 7) is 3.41. The van der Waals surface area contributed by atoms with Crippen molar-refractivity contribution in [1.82, 2.24) is 0 Å². The van der Waals surface area contributed by atoms with Gasteiger partial charge in [0.05, 0.1) is 13.2 Å². The molecule has 0 heterocycles. The molecule has 0 saturated heterocycles. The maximum absolute atomic E-state index is 11.7. The van der Waals surface area contributed by atoms with Gasteiger partial charge in [0.1, 0.15) is 0 Å². The Morgan fingerprint density at radius 2 is 0.629 bits per heavy atom. The fraction of sp³-hybridized carbons (Fsp3) is 1.00. The fourth-order valence-corrected chi connectivity index (χ4v) is 4.88. The third-order valence-corrected chi connectivity index (χ3v) is 7.52. The van der Waals surface area contributed by atoms with Crippen LogP contribution in [0.25, 0.3) is 0 Å². The molecule has 0 aromatic rings. The molecule has 0 aliphatic carbocycles. The zero-order valence-corrected chi connectivity index (χ0v) is 24.0. The van der Waals surface area contributed by atoms with Crippen LogP contribution in [0.4, 0.5) is 0 Å². The lowest BCUT2D eigenvalue weighted by Gasteiger charge is -2.08. The van der Waals surface area contributed by atoms with Crippen LogP contribution in [-0.4, -0.2) is 36.8 Å². The zero-order chi connectivity index (χ0) is 26.1. The molecular weight excluding hydrogens is 492 g/mol. The SMILES string of the molecule is CCCCCCCCCCCCOS(=O)(=O)OCOS(=O)(=O)OCCCCCCCCCCCC. The second-order valence-corrected chi connectivity index (χ2v) is 11.8. The molecule has 0 saturated carbocycles. The molecule has 10 heteroatoms. The first kappa shape index (κ1) is 34.7. The minimum atomic E-state index is -4.30. The van der Waals surface area contributed by atoms with Gasteiger partial charge >= 0.3 is 20.8 Å². The van der Waals surface area contributed by atoms with Crippen molar-refractivity contribution in [2.45, 2.75) is 142 Å². The third-order valence-electron chi connectivity index (χ3n) is 5.84. The molecule has 0 spiro atoms. The normalized spacial score (nSPS) is 12.4. The molecule has 8 nitrogen and oxygen atoms in total. The van der Waals surface area contributed by atoms with Gasteiger partial charge in [-0.25, -0.2) is 16.7 Å². The van der Waals surface area contributed by atoms with E-state index in [1.807, 2.05) is 0 Å². The summed E-state index contributed by atoms with van der Waals surface area (Å²) in [4.78, 5) is 0. The van der Waals surface area contributed by atoms with Gasteiger partial charge in [-0.15, -0.1) is 0 Å². The molecule has 0 unspecified atom stereocenters. The topological polar surface area (TPSA) is 105 Å². The van der Waals surface area contributed by atoms with Crippen LogP contribution in [0.3, 0.4) is 0 Å². The van der Waals surface area contributed by atoms with Crippen molar-refractivity contribution >= 4 is 20.8 Å². The summed E-state index contributed by atoms with van der Waals surface area (Å²) in [5.74, 6) is 0. The standard InChI is InChI=1S/C25H52O8S2/c1-3-5-7-9-11-13-15-17-19-21-23-30-34(26,27)32-25-33-35(28,29)31-24-22-20-18-16-14-12-10-8-6-4-2/h3-25H2,1-2H3. The van der Waals surface area contributed by atoms with Crippen molar-refractivity contribution in [2.75, 3.05) is 20.0 Å². The van der Waals surface area contributed by atoms with Gasteiger partial charge in [0.2, 0.25) is 0 Å². The highest BCUT2D eigenvalue weighted by Gasteiger charge is 2.17. The summed E-state index contributed by atoms with van der Waals surface area (Å²) in [5.41, 5.74) is 0.